The number of aromatic nitrogens is 1. The third-order valence-corrected chi connectivity index (χ3v) is 5.46. The third-order valence-electron chi connectivity index (χ3n) is 5.46. The molecule has 1 fully saturated rings. The number of hydrogen-bond donors (Lipinski definition) is 2. The molecule has 1 aliphatic rings. The van der Waals surface area contributed by atoms with Crippen molar-refractivity contribution < 1.29 is 19.1 Å². The van der Waals surface area contributed by atoms with Crippen LogP contribution in [0.1, 0.15) is 18.4 Å². The molecule has 1 atom stereocenters. The summed E-state index contributed by atoms with van der Waals surface area (Å²) in [4.78, 5) is 38.6. The molecular formula is C23H24N4O4. The van der Waals surface area contributed by atoms with Crippen LogP contribution in [0.3, 0.4) is 0 Å². The van der Waals surface area contributed by atoms with E-state index >= 15 is 0 Å². The zero-order chi connectivity index (χ0) is 22.0. The van der Waals surface area contributed by atoms with Gasteiger partial charge in [0, 0.05) is 41.8 Å². The van der Waals surface area contributed by atoms with E-state index in [4.69, 9.17) is 4.74 Å². The molecule has 0 bridgehead atoms. The number of aryl methyl sites for hydroxylation is 1. The summed E-state index contributed by atoms with van der Waals surface area (Å²) in [5, 5.41) is 6.56. The molecule has 160 valence electrons. The largest absolute Gasteiger partial charge is 0.496 e. The number of imide groups is 1. The predicted octanol–water partition coefficient (Wildman–Crippen LogP) is 3.03. The van der Waals surface area contributed by atoms with E-state index < -0.39 is 12.1 Å². The summed E-state index contributed by atoms with van der Waals surface area (Å²) in [5.74, 6) is 0.0660. The van der Waals surface area contributed by atoms with Crippen molar-refractivity contribution in [2.24, 2.45) is 7.05 Å². The first-order valence-corrected chi connectivity index (χ1v) is 10.0. The Morgan fingerprint density at radius 3 is 2.77 bits per heavy atom. The maximum absolute atomic E-state index is 12.7. The number of carbonyl (C=O) groups is 3. The Hall–Kier alpha value is -3.81. The van der Waals surface area contributed by atoms with Crippen LogP contribution >= 0.6 is 0 Å². The molecule has 8 heteroatoms. The van der Waals surface area contributed by atoms with Crippen LogP contribution in [0.4, 0.5) is 10.5 Å². The highest BCUT2D eigenvalue weighted by Gasteiger charge is 2.38. The standard InChI is InChI=1S/C23H24N4O4/c1-26-12-11-15-13-17(7-9-19(15)26)24-21(28)10-8-18-22(29)27(23(30)25-18)14-16-5-3-4-6-20(16)31-2/h3-7,9,11-13,18H,8,10,14H2,1-2H3,(H,24,28)(H,25,30)/t18-/m0/s1. The molecule has 0 unspecified atom stereocenters. The van der Waals surface area contributed by atoms with Gasteiger partial charge in [-0.2, -0.15) is 0 Å². The summed E-state index contributed by atoms with van der Waals surface area (Å²) in [6.45, 7) is 0.120. The summed E-state index contributed by atoms with van der Waals surface area (Å²) in [7, 11) is 3.51. The first kappa shape index (κ1) is 20.5. The van der Waals surface area contributed by atoms with Crippen molar-refractivity contribution >= 4 is 34.4 Å². The minimum Gasteiger partial charge on any atom is -0.496 e. The highest BCUT2D eigenvalue weighted by atomic mass is 16.5. The Morgan fingerprint density at radius 2 is 1.97 bits per heavy atom. The van der Waals surface area contributed by atoms with Gasteiger partial charge in [0.1, 0.15) is 11.8 Å². The second kappa shape index (κ2) is 8.51. The number of amides is 4. The van der Waals surface area contributed by atoms with Gasteiger partial charge in [0.05, 0.1) is 13.7 Å². The van der Waals surface area contributed by atoms with Crippen LogP contribution in [0.5, 0.6) is 5.75 Å². The predicted molar refractivity (Wildman–Crippen MR) is 117 cm³/mol. The van der Waals surface area contributed by atoms with E-state index in [-0.39, 0.29) is 31.2 Å². The fourth-order valence-electron chi connectivity index (χ4n) is 3.78. The van der Waals surface area contributed by atoms with Crippen molar-refractivity contribution in [2.45, 2.75) is 25.4 Å². The number of fused-ring (bicyclic) bond motifs is 1. The lowest BCUT2D eigenvalue weighted by Gasteiger charge is -2.15. The molecule has 0 spiro atoms. The Balaban J connectivity index is 1.34. The maximum atomic E-state index is 12.7. The molecule has 2 heterocycles. The molecule has 1 aromatic heterocycles. The summed E-state index contributed by atoms with van der Waals surface area (Å²) in [6, 6.07) is 13.7. The van der Waals surface area contributed by atoms with Gasteiger partial charge in [-0.05, 0) is 36.8 Å². The minimum atomic E-state index is -0.718. The second-order valence-electron chi connectivity index (χ2n) is 7.53. The zero-order valence-electron chi connectivity index (χ0n) is 17.4. The lowest BCUT2D eigenvalue weighted by atomic mass is 10.1. The zero-order valence-corrected chi connectivity index (χ0v) is 17.4. The Bertz CT molecular complexity index is 1150. The average Bonchev–Trinajstić information content (AvgIpc) is 3.26. The van der Waals surface area contributed by atoms with Crippen LogP contribution in [0.2, 0.25) is 0 Å². The van der Waals surface area contributed by atoms with Crippen LogP contribution in [-0.2, 0) is 23.2 Å². The molecule has 4 amide bonds. The van der Waals surface area contributed by atoms with Crippen molar-refractivity contribution in [2.75, 3.05) is 12.4 Å². The van der Waals surface area contributed by atoms with Gasteiger partial charge in [-0.25, -0.2) is 4.79 Å². The SMILES string of the molecule is COc1ccccc1CN1C(=O)N[C@@H](CCC(=O)Nc2ccc3c(ccn3C)c2)C1=O. The van der Waals surface area contributed by atoms with E-state index in [1.165, 1.54) is 0 Å². The Labute approximate surface area is 179 Å². The van der Waals surface area contributed by atoms with Gasteiger partial charge in [-0.1, -0.05) is 18.2 Å². The van der Waals surface area contributed by atoms with Crippen LogP contribution < -0.4 is 15.4 Å². The highest BCUT2D eigenvalue weighted by Crippen LogP contribution is 2.23. The van der Waals surface area contributed by atoms with E-state index in [2.05, 4.69) is 10.6 Å². The molecule has 1 saturated heterocycles. The molecule has 0 aliphatic carbocycles. The monoisotopic (exact) mass is 420 g/mol. The molecule has 4 rings (SSSR count). The number of rotatable bonds is 7. The van der Waals surface area contributed by atoms with E-state index in [1.807, 2.05) is 60.3 Å². The number of nitrogens with zero attached hydrogens (tertiary/aromatic N) is 2. The van der Waals surface area contributed by atoms with Crippen molar-refractivity contribution in [3.63, 3.8) is 0 Å². The molecule has 0 radical (unpaired) electrons. The van der Waals surface area contributed by atoms with Gasteiger partial charge in [0.25, 0.3) is 5.91 Å². The van der Waals surface area contributed by atoms with E-state index in [9.17, 15) is 14.4 Å². The summed E-state index contributed by atoms with van der Waals surface area (Å²) in [6.07, 6.45) is 2.31. The van der Waals surface area contributed by atoms with Crippen LogP contribution in [0.15, 0.2) is 54.7 Å². The fraction of sp³-hybridized carbons (Fsp3) is 0.261. The Kier molecular flexibility index (Phi) is 5.62. The smallest absolute Gasteiger partial charge is 0.325 e. The quantitative estimate of drug-likeness (QED) is 0.575. The summed E-state index contributed by atoms with van der Waals surface area (Å²) >= 11 is 0. The molecule has 8 nitrogen and oxygen atoms in total. The number of ether oxygens (including phenoxy) is 1. The van der Waals surface area contributed by atoms with E-state index in [0.29, 0.717) is 11.4 Å². The number of urea groups is 1. The topological polar surface area (TPSA) is 92.7 Å². The van der Waals surface area contributed by atoms with Crippen LogP contribution in [0, 0.1) is 0 Å². The van der Waals surface area contributed by atoms with Gasteiger partial charge >= 0.3 is 6.03 Å². The Morgan fingerprint density at radius 1 is 1.16 bits per heavy atom. The first-order valence-electron chi connectivity index (χ1n) is 10.0. The van der Waals surface area contributed by atoms with Crippen LogP contribution in [-0.4, -0.2) is 40.5 Å². The van der Waals surface area contributed by atoms with Crippen molar-refractivity contribution in [1.82, 2.24) is 14.8 Å². The summed E-state index contributed by atoms with van der Waals surface area (Å²) < 4.78 is 7.30. The van der Waals surface area contributed by atoms with Gasteiger partial charge in [-0.3, -0.25) is 14.5 Å². The molecule has 0 saturated carbocycles. The molecule has 3 aromatic rings. The number of para-hydroxylation sites is 1. The first-order chi connectivity index (χ1) is 15.0. The number of hydrogen-bond acceptors (Lipinski definition) is 4. The van der Waals surface area contributed by atoms with Gasteiger partial charge in [-0.15, -0.1) is 0 Å². The van der Waals surface area contributed by atoms with Crippen molar-refractivity contribution in [3.8, 4) is 5.75 Å². The normalized spacial score (nSPS) is 15.9. The number of carbonyl (C=O) groups excluding carboxylic acids is 3. The molecule has 2 N–H and O–H groups in total. The van der Waals surface area contributed by atoms with Gasteiger partial charge in [0.15, 0.2) is 0 Å². The van der Waals surface area contributed by atoms with E-state index in [0.717, 1.165) is 21.4 Å². The summed E-state index contributed by atoms with van der Waals surface area (Å²) in [5.41, 5.74) is 2.51. The van der Waals surface area contributed by atoms with Crippen molar-refractivity contribution in [3.05, 3.63) is 60.3 Å². The van der Waals surface area contributed by atoms with Crippen LogP contribution in [0.25, 0.3) is 10.9 Å². The number of benzene rings is 2. The molecule has 1 aliphatic heterocycles. The molecule has 31 heavy (non-hydrogen) atoms. The lowest BCUT2D eigenvalue weighted by Crippen LogP contribution is -2.31. The average molecular weight is 420 g/mol. The van der Waals surface area contributed by atoms with Crippen molar-refractivity contribution in [1.29, 1.82) is 0 Å². The number of nitrogens with one attached hydrogen (secondary N) is 2. The highest BCUT2D eigenvalue weighted by molar-refractivity contribution is 6.04. The molecular weight excluding hydrogens is 396 g/mol. The maximum Gasteiger partial charge on any atom is 0.325 e. The molecule has 2 aromatic carbocycles. The van der Waals surface area contributed by atoms with E-state index in [1.54, 1.807) is 13.2 Å². The minimum absolute atomic E-state index is 0.117. The number of anilines is 1. The lowest BCUT2D eigenvalue weighted by molar-refractivity contribution is -0.128. The fourth-order valence-corrected chi connectivity index (χ4v) is 3.78. The number of methoxy groups -OCH3 is 1. The van der Waals surface area contributed by atoms with Gasteiger partial charge < -0.3 is 19.9 Å². The van der Waals surface area contributed by atoms with Gasteiger partial charge in [0.2, 0.25) is 5.91 Å². The third kappa shape index (κ3) is 4.23. The second-order valence-corrected chi connectivity index (χ2v) is 7.53.